The van der Waals surface area contributed by atoms with Gasteiger partial charge in [0.2, 0.25) is 0 Å². The van der Waals surface area contributed by atoms with E-state index in [4.69, 9.17) is 11.6 Å². The predicted molar refractivity (Wildman–Crippen MR) is 242 cm³/mol. The van der Waals surface area contributed by atoms with Crippen molar-refractivity contribution in [3.8, 4) is 11.4 Å². The number of hydrogen-bond donors (Lipinski definition) is 4. The van der Waals surface area contributed by atoms with Crippen LogP contribution in [-0.2, 0) is 0 Å². The summed E-state index contributed by atoms with van der Waals surface area (Å²) in [5.41, 5.74) is 6.31. The molecule has 61 heavy (non-hydrogen) atoms. The molecule has 4 N–H and O–H groups in total. The molecule has 0 saturated heterocycles. The summed E-state index contributed by atoms with van der Waals surface area (Å²) < 4.78 is 3.44. The summed E-state index contributed by atoms with van der Waals surface area (Å²) in [5, 5.41) is 10.0. The number of halogens is 1. The van der Waals surface area contributed by atoms with Crippen molar-refractivity contribution >= 4 is 73.2 Å². The molecule has 15 heteroatoms. The van der Waals surface area contributed by atoms with Crippen LogP contribution in [0.15, 0.2) is 151 Å². The van der Waals surface area contributed by atoms with Crippen molar-refractivity contribution in [2.75, 3.05) is 10.6 Å². The number of nitrogens with one attached hydrogen (secondary N) is 4. The van der Waals surface area contributed by atoms with Crippen molar-refractivity contribution in [1.29, 1.82) is 0 Å². The van der Waals surface area contributed by atoms with Crippen molar-refractivity contribution in [3.63, 3.8) is 0 Å². The van der Waals surface area contributed by atoms with Gasteiger partial charge in [-0.05, 0) is 72.6 Å². The van der Waals surface area contributed by atoms with E-state index in [2.05, 4.69) is 57.1 Å². The SMILES string of the molecule is C=Cc1cccc2cc([C@H](C)Nc3ncnc4nc[nH]c34)n(-c3ccccc3)c(=O)c12.C[C@H](Nc1ncnc2nc[nH]c12)c1cc2cccc(Cl)c2c(=O)n1-c1ccccc1. The van der Waals surface area contributed by atoms with E-state index in [1.54, 1.807) is 33.9 Å². The van der Waals surface area contributed by atoms with Crippen LogP contribution in [0.5, 0.6) is 0 Å². The van der Waals surface area contributed by atoms with E-state index in [0.717, 1.165) is 44.6 Å². The smallest absolute Gasteiger partial charge is 0.264 e. The highest BCUT2D eigenvalue weighted by Gasteiger charge is 2.21. The molecule has 0 spiro atoms. The van der Waals surface area contributed by atoms with Gasteiger partial charge in [-0.15, -0.1) is 0 Å². The van der Waals surface area contributed by atoms with Gasteiger partial charge in [-0.1, -0.05) is 91.0 Å². The Bertz CT molecular complexity index is 3340. The van der Waals surface area contributed by atoms with Crippen LogP contribution in [0, 0.1) is 0 Å². The Kier molecular flexibility index (Phi) is 10.3. The highest BCUT2D eigenvalue weighted by Crippen LogP contribution is 2.29. The zero-order chi connectivity index (χ0) is 42.0. The van der Waals surface area contributed by atoms with Gasteiger partial charge in [-0.2, -0.15) is 0 Å². The third kappa shape index (κ3) is 7.25. The maximum atomic E-state index is 13.7. The monoisotopic (exact) mass is 824 g/mol. The van der Waals surface area contributed by atoms with E-state index < -0.39 is 0 Å². The first-order valence-corrected chi connectivity index (χ1v) is 19.8. The van der Waals surface area contributed by atoms with Crippen LogP contribution < -0.4 is 21.8 Å². The lowest BCUT2D eigenvalue weighted by Crippen LogP contribution is -2.26. The van der Waals surface area contributed by atoms with Gasteiger partial charge in [0.05, 0.1) is 40.5 Å². The van der Waals surface area contributed by atoms with Crippen molar-refractivity contribution in [3.05, 3.63) is 184 Å². The Balaban J connectivity index is 0.000000156. The number of H-pyrrole nitrogens is 2. The third-order valence-electron chi connectivity index (χ3n) is 10.4. The van der Waals surface area contributed by atoms with E-state index in [-0.39, 0.29) is 23.2 Å². The molecule has 2 atom stereocenters. The fourth-order valence-corrected chi connectivity index (χ4v) is 7.81. The molecule has 0 bridgehead atoms. The quantitative estimate of drug-likeness (QED) is 0.110. The third-order valence-corrected chi connectivity index (χ3v) is 10.7. The standard InChI is InChI=1S/C24H20N6O.C22H17ClN6O/c1-3-16-8-7-9-17-12-19(30(24(31)20(16)17)18-10-5-4-6-11-18)15(2)29-23-21-22(26-13-25-21)27-14-28-23;1-13(28-21-19-20(25-11-24-19)26-12-27-21)17-10-14-6-5-9-16(23)18(14)22(30)29(17)15-7-3-2-4-8-15/h3-15H,1H2,2H3,(H2,25,26,27,28,29);2-13H,1H3,(H2,24,25,26,27,28)/t15-;13-/m00/s1. The van der Waals surface area contributed by atoms with Gasteiger partial charge in [0.25, 0.3) is 11.1 Å². The fraction of sp³-hybridized carbons (Fsp3) is 0.0870. The maximum absolute atomic E-state index is 13.7. The molecular weight excluding hydrogens is 788 g/mol. The Labute approximate surface area is 352 Å². The van der Waals surface area contributed by atoms with Crippen LogP contribution in [-0.4, -0.2) is 49.0 Å². The van der Waals surface area contributed by atoms with Gasteiger partial charge in [-0.3, -0.25) is 18.7 Å². The van der Waals surface area contributed by atoms with Crippen molar-refractivity contribution in [1.82, 2.24) is 49.0 Å². The van der Waals surface area contributed by atoms with Crippen molar-refractivity contribution < 1.29 is 0 Å². The molecule has 0 radical (unpaired) electrons. The number of anilines is 2. The summed E-state index contributed by atoms with van der Waals surface area (Å²) in [7, 11) is 0. The van der Waals surface area contributed by atoms with Crippen LogP contribution in [0.1, 0.15) is 42.9 Å². The van der Waals surface area contributed by atoms with E-state index in [1.165, 1.54) is 12.7 Å². The Hall–Kier alpha value is -7.97. The molecule has 14 nitrogen and oxygen atoms in total. The average Bonchev–Trinajstić information content (AvgIpc) is 3.98. The molecule has 0 amide bonds. The summed E-state index contributed by atoms with van der Waals surface area (Å²) in [6, 6.07) is 34.0. The highest BCUT2D eigenvalue weighted by molar-refractivity contribution is 6.35. The molecule has 6 heterocycles. The summed E-state index contributed by atoms with van der Waals surface area (Å²) in [6.07, 6.45) is 7.81. The van der Waals surface area contributed by atoms with E-state index in [9.17, 15) is 9.59 Å². The number of rotatable bonds is 9. The minimum absolute atomic E-state index is 0.0859. The minimum atomic E-state index is -0.248. The lowest BCUT2D eigenvalue weighted by molar-refractivity contribution is 0.774. The van der Waals surface area contributed by atoms with E-state index in [1.807, 2.05) is 117 Å². The van der Waals surface area contributed by atoms with Crippen LogP contribution >= 0.6 is 11.6 Å². The zero-order valence-corrected chi connectivity index (χ0v) is 33.7. The highest BCUT2D eigenvalue weighted by atomic mass is 35.5. The normalized spacial score (nSPS) is 12.2. The second kappa shape index (κ2) is 16.4. The molecule has 0 saturated carbocycles. The lowest BCUT2D eigenvalue weighted by atomic mass is 10.0. The summed E-state index contributed by atoms with van der Waals surface area (Å²) in [6.45, 7) is 7.86. The molecule has 300 valence electrons. The van der Waals surface area contributed by atoms with Crippen LogP contribution in [0.4, 0.5) is 11.6 Å². The number of hydrogen-bond acceptors (Lipinski definition) is 10. The average molecular weight is 825 g/mol. The summed E-state index contributed by atoms with van der Waals surface area (Å²) in [4.78, 5) is 58.7. The van der Waals surface area contributed by atoms with Crippen molar-refractivity contribution in [2.45, 2.75) is 25.9 Å². The van der Waals surface area contributed by atoms with Crippen molar-refractivity contribution in [2.24, 2.45) is 0 Å². The van der Waals surface area contributed by atoms with Crippen LogP contribution in [0.2, 0.25) is 5.02 Å². The first-order chi connectivity index (χ1) is 29.8. The van der Waals surface area contributed by atoms with Gasteiger partial charge in [0, 0.05) is 22.8 Å². The molecular formula is C46H37ClN12O2. The number of aromatic amines is 2. The molecule has 0 aliphatic carbocycles. The molecule has 0 aliphatic heterocycles. The first kappa shape index (κ1) is 38.5. The number of benzene rings is 4. The van der Waals surface area contributed by atoms with Gasteiger partial charge in [-0.25, -0.2) is 29.9 Å². The zero-order valence-electron chi connectivity index (χ0n) is 32.9. The number of pyridine rings is 2. The molecule has 0 aliphatic rings. The van der Waals surface area contributed by atoms with Crippen LogP contribution in [0.25, 0.3) is 61.3 Å². The summed E-state index contributed by atoms with van der Waals surface area (Å²) >= 11 is 6.38. The molecule has 0 fully saturated rings. The molecule has 10 rings (SSSR count). The number of fused-ring (bicyclic) bond motifs is 4. The number of imidazole rings is 2. The van der Waals surface area contributed by atoms with Crippen LogP contribution in [0.3, 0.4) is 0 Å². The fourth-order valence-electron chi connectivity index (χ4n) is 7.55. The van der Waals surface area contributed by atoms with E-state index >= 15 is 0 Å². The minimum Gasteiger partial charge on any atom is -0.360 e. The molecule has 0 unspecified atom stereocenters. The largest absolute Gasteiger partial charge is 0.360 e. The number of aromatic nitrogens is 10. The Morgan fingerprint density at radius 3 is 1.59 bits per heavy atom. The number of para-hydroxylation sites is 2. The maximum Gasteiger partial charge on any atom is 0.264 e. The Morgan fingerprint density at radius 2 is 1.08 bits per heavy atom. The van der Waals surface area contributed by atoms with E-state index in [0.29, 0.717) is 44.2 Å². The summed E-state index contributed by atoms with van der Waals surface area (Å²) in [5.74, 6) is 1.24. The lowest BCUT2D eigenvalue weighted by Gasteiger charge is -2.22. The predicted octanol–water partition coefficient (Wildman–Crippen LogP) is 8.96. The number of nitrogens with zero attached hydrogens (tertiary/aromatic N) is 8. The van der Waals surface area contributed by atoms with Gasteiger partial charge >= 0.3 is 0 Å². The molecule has 6 aromatic heterocycles. The van der Waals surface area contributed by atoms with Gasteiger partial charge in [0.15, 0.2) is 22.9 Å². The topological polar surface area (TPSA) is 177 Å². The second-order valence-corrected chi connectivity index (χ2v) is 14.6. The molecule has 4 aromatic carbocycles. The Morgan fingerprint density at radius 1 is 0.607 bits per heavy atom. The second-order valence-electron chi connectivity index (χ2n) is 14.2. The first-order valence-electron chi connectivity index (χ1n) is 19.4. The van der Waals surface area contributed by atoms with Gasteiger partial charge in [0.1, 0.15) is 23.7 Å². The van der Waals surface area contributed by atoms with Gasteiger partial charge < -0.3 is 20.6 Å². The molecule has 10 aromatic rings.